The maximum atomic E-state index is 15.4. The first kappa shape index (κ1) is 30.5. The highest BCUT2D eigenvalue weighted by molar-refractivity contribution is 6.13. The third kappa shape index (κ3) is 5.51. The zero-order valence-electron chi connectivity index (χ0n) is 25.6. The van der Waals surface area contributed by atoms with Crippen LogP contribution in [0, 0.1) is 17.2 Å². The molecule has 0 bridgehead atoms. The number of ether oxygens (including phenoxy) is 2. The number of alkyl halides is 2. The van der Waals surface area contributed by atoms with Gasteiger partial charge in [0, 0.05) is 47.9 Å². The summed E-state index contributed by atoms with van der Waals surface area (Å²) in [5.41, 5.74) is 1.01. The summed E-state index contributed by atoms with van der Waals surface area (Å²) >= 11 is 0. The van der Waals surface area contributed by atoms with E-state index in [0.717, 1.165) is 13.1 Å². The lowest BCUT2D eigenvalue weighted by Crippen LogP contribution is -2.60. The van der Waals surface area contributed by atoms with Crippen LogP contribution in [0.25, 0.3) is 0 Å². The number of anilines is 2. The number of rotatable bonds is 8. The van der Waals surface area contributed by atoms with Crippen LogP contribution in [0.5, 0.6) is 5.75 Å². The lowest BCUT2D eigenvalue weighted by atomic mass is 9.92. The first-order valence-corrected chi connectivity index (χ1v) is 15.4. The molecule has 0 aliphatic carbocycles. The molecule has 0 unspecified atom stereocenters. The average molecular weight is 639 g/mol. The minimum absolute atomic E-state index is 0.118. The molecule has 47 heavy (non-hydrogen) atoms. The molecule has 4 heterocycles. The predicted molar refractivity (Wildman–Crippen MR) is 169 cm³/mol. The second-order valence-corrected chi connectivity index (χ2v) is 12.1. The van der Waals surface area contributed by atoms with Crippen LogP contribution in [0.1, 0.15) is 50.0 Å². The van der Waals surface area contributed by atoms with E-state index < -0.39 is 17.7 Å². The van der Waals surface area contributed by atoms with E-state index in [1.54, 1.807) is 39.9 Å². The highest BCUT2D eigenvalue weighted by Crippen LogP contribution is 2.41. The summed E-state index contributed by atoms with van der Waals surface area (Å²) in [6, 6.07) is 19.4. The number of piperidine rings is 1. The van der Waals surface area contributed by atoms with E-state index in [2.05, 4.69) is 15.3 Å². The summed E-state index contributed by atoms with van der Waals surface area (Å²) in [6.45, 7) is 3.61. The molecule has 2 fully saturated rings. The van der Waals surface area contributed by atoms with Crippen LogP contribution < -0.4 is 15.0 Å². The van der Waals surface area contributed by atoms with Gasteiger partial charge in [-0.05, 0) is 36.8 Å². The monoisotopic (exact) mass is 638 g/mol. The number of likely N-dealkylation sites (tertiary alicyclic amines) is 1. The first-order valence-electron chi connectivity index (χ1n) is 15.4. The van der Waals surface area contributed by atoms with Gasteiger partial charge < -0.3 is 24.6 Å². The van der Waals surface area contributed by atoms with Crippen molar-refractivity contribution in [2.24, 2.45) is 5.92 Å². The van der Waals surface area contributed by atoms with Gasteiger partial charge in [-0.2, -0.15) is 19.1 Å². The van der Waals surface area contributed by atoms with E-state index in [4.69, 9.17) is 9.47 Å². The maximum absolute atomic E-state index is 15.4. The Bertz CT molecular complexity index is 1850. The molecule has 12 heteroatoms. The molecule has 2 atom stereocenters. The molecule has 0 saturated carbocycles. The Morgan fingerprint density at radius 3 is 2.51 bits per heavy atom. The van der Waals surface area contributed by atoms with Gasteiger partial charge >= 0.3 is 0 Å². The number of aromatic nitrogens is 2. The summed E-state index contributed by atoms with van der Waals surface area (Å²) in [5.74, 6) is -3.37. The number of nitrogens with zero attached hydrogens (tertiary/aromatic N) is 5. The number of amides is 2. The minimum Gasteiger partial charge on any atom is -0.495 e. The summed E-state index contributed by atoms with van der Waals surface area (Å²) in [5, 5.41) is 16.9. The second kappa shape index (κ2) is 12.2. The van der Waals surface area contributed by atoms with Gasteiger partial charge in [0.25, 0.3) is 17.7 Å². The van der Waals surface area contributed by atoms with Gasteiger partial charge in [-0.15, -0.1) is 0 Å². The number of carbonyl (C=O) groups is 2. The largest absolute Gasteiger partial charge is 0.495 e. The number of carbonyl (C=O) groups excluding carboxylic acids is 2. The normalized spacial score (nSPS) is 19.7. The van der Waals surface area contributed by atoms with Gasteiger partial charge in [0.2, 0.25) is 0 Å². The van der Waals surface area contributed by atoms with Gasteiger partial charge in [-0.3, -0.25) is 14.3 Å². The minimum atomic E-state index is -3.22. The number of fused-ring (bicyclic) bond motifs is 3. The Kier molecular flexibility index (Phi) is 7.95. The third-order valence-electron chi connectivity index (χ3n) is 9.19. The van der Waals surface area contributed by atoms with Crippen LogP contribution in [-0.4, -0.2) is 72.5 Å². The molecule has 1 N–H and O–H groups in total. The van der Waals surface area contributed by atoms with Crippen molar-refractivity contribution in [1.29, 1.82) is 5.26 Å². The van der Waals surface area contributed by atoms with Crippen LogP contribution in [0.2, 0.25) is 0 Å². The lowest BCUT2D eigenvalue weighted by molar-refractivity contribution is -0.0509. The molecule has 0 spiro atoms. The van der Waals surface area contributed by atoms with E-state index in [1.807, 2.05) is 6.07 Å². The summed E-state index contributed by atoms with van der Waals surface area (Å²) in [7, 11) is 1.44. The fourth-order valence-electron chi connectivity index (χ4n) is 6.71. The third-order valence-corrected chi connectivity index (χ3v) is 9.19. The van der Waals surface area contributed by atoms with Crippen molar-refractivity contribution in [3.05, 3.63) is 107 Å². The number of hydrogen-bond donors (Lipinski definition) is 1. The van der Waals surface area contributed by atoms with Crippen molar-refractivity contribution in [3.8, 4) is 11.8 Å². The van der Waals surface area contributed by atoms with Gasteiger partial charge in [-0.1, -0.05) is 42.5 Å². The highest BCUT2D eigenvalue weighted by atomic mass is 19.3. The Balaban J connectivity index is 1.22. The molecular formula is C35H32F2N6O4. The van der Waals surface area contributed by atoms with Crippen molar-refractivity contribution in [1.82, 2.24) is 14.7 Å². The van der Waals surface area contributed by atoms with Crippen LogP contribution in [0.4, 0.5) is 20.2 Å². The number of halogens is 2. The molecule has 4 aromatic rings. The number of methoxy groups -OCH3 is 1. The number of nitriles is 1. The molecule has 7 rings (SSSR count). The van der Waals surface area contributed by atoms with Gasteiger partial charge in [0.05, 0.1) is 49.9 Å². The van der Waals surface area contributed by atoms with Crippen LogP contribution in [0.3, 0.4) is 0 Å². The zero-order valence-corrected chi connectivity index (χ0v) is 25.6. The Hall–Kier alpha value is -5.12. The van der Waals surface area contributed by atoms with E-state index in [1.165, 1.54) is 55.8 Å². The van der Waals surface area contributed by atoms with E-state index in [9.17, 15) is 14.9 Å². The van der Waals surface area contributed by atoms with Gasteiger partial charge in [0.1, 0.15) is 11.8 Å². The van der Waals surface area contributed by atoms with Crippen molar-refractivity contribution in [2.75, 3.05) is 50.2 Å². The average Bonchev–Trinajstić information content (AvgIpc) is 3.50. The van der Waals surface area contributed by atoms with Crippen molar-refractivity contribution >= 4 is 23.2 Å². The van der Waals surface area contributed by atoms with Crippen LogP contribution in [-0.2, 0) is 10.7 Å². The Morgan fingerprint density at radius 1 is 1.09 bits per heavy atom. The SMILES string of the molecule is COc1ccc(C(=O)Nc2cnn3c2C(=O)N(c2ccc(C(F)(F)c4ccccc4)cc2)[C@H]2CN(CC4COC4)CC[C@@H]23)cc1C#N. The van der Waals surface area contributed by atoms with Crippen molar-refractivity contribution in [2.45, 2.75) is 24.4 Å². The molecule has 240 valence electrons. The maximum Gasteiger partial charge on any atom is 0.298 e. The highest BCUT2D eigenvalue weighted by Gasteiger charge is 2.46. The standard InChI is InChI=1S/C35H32F2N6O4/c1-46-31-12-7-23(15-24(31)16-38)33(44)40-28-17-39-43-29-13-14-41(18-22-20-47-21-22)19-30(29)42(34(45)32(28)43)27-10-8-26(9-11-27)35(36,37)25-5-3-2-4-6-25/h2-12,15,17,22,29-30H,13-14,18-21H2,1H3,(H,40,44)/t29-,30-/m0/s1. The molecular weight excluding hydrogens is 606 g/mol. The smallest absolute Gasteiger partial charge is 0.298 e. The van der Waals surface area contributed by atoms with E-state index >= 15 is 8.78 Å². The lowest BCUT2D eigenvalue weighted by Gasteiger charge is -2.48. The molecule has 3 aliphatic heterocycles. The molecule has 2 saturated heterocycles. The molecule has 10 nitrogen and oxygen atoms in total. The van der Waals surface area contributed by atoms with Crippen molar-refractivity contribution < 1.29 is 27.8 Å². The van der Waals surface area contributed by atoms with Crippen LogP contribution >= 0.6 is 0 Å². The van der Waals surface area contributed by atoms with Crippen molar-refractivity contribution in [3.63, 3.8) is 0 Å². The Morgan fingerprint density at radius 2 is 1.83 bits per heavy atom. The fourth-order valence-corrected chi connectivity index (χ4v) is 6.71. The van der Waals surface area contributed by atoms with Gasteiger partial charge in [0.15, 0.2) is 5.69 Å². The molecule has 3 aliphatic rings. The molecule has 0 radical (unpaired) electrons. The summed E-state index contributed by atoms with van der Waals surface area (Å²) < 4.78 is 43.1. The van der Waals surface area contributed by atoms with Crippen LogP contribution in [0.15, 0.2) is 79.0 Å². The zero-order chi connectivity index (χ0) is 32.7. The molecule has 1 aromatic heterocycles. The molecule has 2 amide bonds. The molecule has 3 aromatic carbocycles. The fraction of sp³-hybridized carbons (Fsp3) is 0.314. The van der Waals surface area contributed by atoms with E-state index in [-0.39, 0.29) is 45.7 Å². The van der Waals surface area contributed by atoms with Gasteiger partial charge in [-0.25, -0.2) is 0 Å². The number of hydrogen-bond acceptors (Lipinski definition) is 7. The Labute approximate surface area is 270 Å². The number of nitrogens with one attached hydrogen (secondary N) is 1. The topological polar surface area (TPSA) is 113 Å². The second-order valence-electron chi connectivity index (χ2n) is 12.1. The summed E-state index contributed by atoms with van der Waals surface area (Å²) in [4.78, 5) is 31.7. The summed E-state index contributed by atoms with van der Waals surface area (Å²) in [6.07, 6.45) is 2.15. The first-order chi connectivity index (χ1) is 22.8. The quantitative estimate of drug-likeness (QED) is 0.287. The van der Waals surface area contributed by atoms with E-state index in [0.29, 0.717) is 43.5 Å². The predicted octanol–water partition coefficient (Wildman–Crippen LogP) is 5.08. The number of benzene rings is 3.